The van der Waals surface area contributed by atoms with Crippen LogP contribution in [0, 0.1) is 0 Å². The number of ether oxygens (including phenoxy) is 2. The van der Waals surface area contributed by atoms with Gasteiger partial charge in [0.15, 0.2) is 17.2 Å². The Morgan fingerprint density at radius 2 is 2.00 bits per heavy atom. The van der Waals surface area contributed by atoms with Crippen LogP contribution in [0.3, 0.4) is 0 Å². The fourth-order valence-electron chi connectivity index (χ4n) is 2.18. The molecule has 1 N–H and O–H groups in total. The average molecular weight is 308 g/mol. The van der Waals surface area contributed by atoms with E-state index in [-0.39, 0.29) is 17.2 Å². The normalized spacial score (nSPS) is 18.3. The lowest BCUT2D eigenvalue weighted by Gasteiger charge is -2.04. The summed E-state index contributed by atoms with van der Waals surface area (Å²) in [6.45, 7) is 0. The largest absolute Gasteiger partial charge is 0.586 e. The van der Waals surface area contributed by atoms with E-state index in [2.05, 4.69) is 19.9 Å². The van der Waals surface area contributed by atoms with Crippen LogP contribution in [0.15, 0.2) is 28.8 Å². The first-order valence-corrected chi connectivity index (χ1v) is 6.68. The minimum atomic E-state index is -3.68. The van der Waals surface area contributed by atoms with Crippen LogP contribution in [0.5, 0.6) is 11.5 Å². The molecule has 0 unspecified atom stereocenters. The van der Waals surface area contributed by atoms with Crippen LogP contribution in [0.25, 0.3) is 0 Å². The first kappa shape index (κ1) is 13.1. The van der Waals surface area contributed by atoms with Gasteiger partial charge < -0.3 is 19.3 Å². The predicted molar refractivity (Wildman–Crippen MR) is 69.1 cm³/mol. The van der Waals surface area contributed by atoms with Gasteiger partial charge in [0.05, 0.1) is 0 Å². The van der Waals surface area contributed by atoms with Crippen LogP contribution in [-0.4, -0.2) is 17.4 Å². The van der Waals surface area contributed by atoms with Gasteiger partial charge in [0.1, 0.15) is 5.76 Å². The zero-order valence-corrected chi connectivity index (χ0v) is 11.1. The SMILES string of the molecule is O=C(Nc1ccc2c(c1)OC(F)(F)O2)c1cc(C2CC2)on1. The summed E-state index contributed by atoms with van der Waals surface area (Å²) in [5, 5.41) is 6.25. The van der Waals surface area contributed by atoms with E-state index in [9.17, 15) is 13.6 Å². The van der Waals surface area contributed by atoms with Crippen LogP contribution in [-0.2, 0) is 0 Å². The van der Waals surface area contributed by atoms with E-state index in [1.54, 1.807) is 6.07 Å². The van der Waals surface area contributed by atoms with Crippen LogP contribution >= 0.6 is 0 Å². The van der Waals surface area contributed by atoms with Crippen molar-refractivity contribution < 1.29 is 27.6 Å². The molecular formula is C14H10F2N2O4. The Bertz CT molecular complexity index is 755. The van der Waals surface area contributed by atoms with Crippen molar-refractivity contribution in [2.45, 2.75) is 25.1 Å². The van der Waals surface area contributed by atoms with Gasteiger partial charge in [-0.05, 0) is 25.0 Å². The Morgan fingerprint density at radius 1 is 1.23 bits per heavy atom. The maximum absolute atomic E-state index is 12.9. The van der Waals surface area contributed by atoms with Crippen LogP contribution in [0.1, 0.15) is 35.0 Å². The summed E-state index contributed by atoms with van der Waals surface area (Å²) in [4.78, 5) is 12.0. The monoisotopic (exact) mass is 308 g/mol. The molecule has 0 saturated heterocycles. The van der Waals surface area contributed by atoms with E-state index in [4.69, 9.17) is 4.52 Å². The van der Waals surface area contributed by atoms with Gasteiger partial charge in [0.25, 0.3) is 5.91 Å². The first-order chi connectivity index (χ1) is 10.5. The summed E-state index contributed by atoms with van der Waals surface area (Å²) in [5.74, 6) is 0.334. The minimum absolute atomic E-state index is 0.0829. The second-order valence-corrected chi connectivity index (χ2v) is 5.17. The van der Waals surface area contributed by atoms with E-state index < -0.39 is 12.2 Å². The van der Waals surface area contributed by atoms with Gasteiger partial charge in [-0.1, -0.05) is 5.16 Å². The summed E-state index contributed by atoms with van der Waals surface area (Å²) in [7, 11) is 0. The van der Waals surface area contributed by atoms with E-state index in [0.717, 1.165) is 12.8 Å². The number of rotatable bonds is 3. The highest BCUT2D eigenvalue weighted by Crippen LogP contribution is 2.42. The highest BCUT2D eigenvalue weighted by atomic mass is 19.3. The molecular weight excluding hydrogens is 298 g/mol. The van der Waals surface area contributed by atoms with Crippen molar-refractivity contribution in [2.24, 2.45) is 0 Å². The summed E-state index contributed by atoms with van der Waals surface area (Å²) >= 11 is 0. The highest BCUT2D eigenvalue weighted by Gasteiger charge is 2.43. The zero-order valence-electron chi connectivity index (χ0n) is 11.1. The molecule has 0 bridgehead atoms. The lowest BCUT2D eigenvalue weighted by Crippen LogP contribution is -2.25. The standard InChI is InChI=1S/C14H10F2N2O4/c15-14(16)20-10-4-3-8(5-12(10)21-14)17-13(19)9-6-11(22-18-9)7-1-2-7/h3-7H,1-2H2,(H,17,19). The Labute approximate surface area is 123 Å². The maximum atomic E-state index is 12.9. The quantitative estimate of drug-likeness (QED) is 0.943. The highest BCUT2D eigenvalue weighted by molar-refractivity contribution is 6.03. The van der Waals surface area contributed by atoms with Gasteiger partial charge in [-0.3, -0.25) is 4.79 Å². The van der Waals surface area contributed by atoms with Crippen molar-refractivity contribution >= 4 is 11.6 Å². The molecule has 114 valence electrons. The number of carbonyl (C=O) groups excluding carboxylic acids is 1. The Hall–Kier alpha value is -2.64. The Kier molecular flexibility index (Phi) is 2.63. The van der Waals surface area contributed by atoms with Gasteiger partial charge in [0, 0.05) is 23.7 Å². The molecule has 1 aliphatic heterocycles. The fraction of sp³-hybridized carbons (Fsp3) is 0.286. The molecule has 1 aliphatic carbocycles. The molecule has 0 spiro atoms. The van der Waals surface area contributed by atoms with Gasteiger partial charge in [-0.2, -0.15) is 0 Å². The number of alkyl halides is 2. The number of halogens is 2. The summed E-state index contributed by atoms with van der Waals surface area (Å²) in [6, 6.07) is 5.58. The van der Waals surface area contributed by atoms with Crippen LogP contribution < -0.4 is 14.8 Å². The van der Waals surface area contributed by atoms with Crippen molar-refractivity contribution in [3.63, 3.8) is 0 Å². The van der Waals surface area contributed by atoms with Gasteiger partial charge >= 0.3 is 6.29 Å². The molecule has 1 aromatic carbocycles. The fourth-order valence-corrected chi connectivity index (χ4v) is 2.18. The van der Waals surface area contributed by atoms with Crippen molar-refractivity contribution in [2.75, 3.05) is 5.32 Å². The van der Waals surface area contributed by atoms with Gasteiger partial charge in [-0.15, -0.1) is 8.78 Å². The number of nitrogens with zero attached hydrogens (tertiary/aromatic N) is 1. The lowest BCUT2D eigenvalue weighted by molar-refractivity contribution is -0.286. The summed E-state index contributed by atoms with van der Waals surface area (Å²) in [6.07, 6.45) is -1.62. The number of fused-ring (bicyclic) bond motifs is 1. The second-order valence-electron chi connectivity index (χ2n) is 5.17. The number of amides is 1. The molecule has 1 fully saturated rings. The number of aromatic nitrogens is 1. The minimum Gasteiger partial charge on any atom is -0.395 e. The Balaban J connectivity index is 1.50. The number of anilines is 1. The molecule has 6 nitrogen and oxygen atoms in total. The molecule has 0 radical (unpaired) electrons. The lowest BCUT2D eigenvalue weighted by atomic mass is 10.2. The summed E-state index contributed by atoms with van der Waals surface area (Å²) in [5.41, 5.74) is 0.436. The molecule has 2 aromatic rings. The number of carbonyl (C=O) groups is 1. The van der Waals surface area contributed by atoms with Crippen molar-refractivity contribution in [1.82, 2.24) is 5.16 Å². The molecule has 1 aromatic heterocycles. The molecule has 8 heteroatoms. The topological polar surface area (TPSA) is 73.6 Å². The predicted octanol–water partition coefficient (Wildman–Crippen LogP) is 3.13. The van der Waals surface area contributed by atoms with Crippen LogP contribution in [0.4, 0.5) is 14.5 Å². The van der Waals surface area contributed by atoms with E-state index in [1.165, 1.54) is 18.2 Å². The average Bonchev–Trinajstić information content (AvgIpc) is 3.08. The van der Waals surface area contributed by atoms with Crippen molar-refractivity contribution in [1.29, 1.82) is 0 Å². The number of hydrogen-bond acceptors (Lipinski definition) is 5. The molecule has 1 amide bonds. The molecule has 1 saturated carbocycles. The van der Waals surface area contributed by atoms with E-state index in [0.29, 0.717) is 17.4 Å². The molecule has 4 rings (SSSR count). The Morgan fingerprint density at radius 3 is 2.77 bits per heavy atom. The number of nitrogens with one attached hydrogen (secondary N) is 1. The zero-order chi connectivity index (χ0) is 15.3. The second kappa shape index (κ2) is 4.43. The van der Waals surface area contributed by atoms with Gasteiger partial charge in [-0.25, -0.2) is 0 Å². The molecule has 22 heavy (non-hydrogen) atoms. The third-order valence-electron chi connectivity index (χ3n) is 3.40. The summed E-state index contributed by atoms with van der Waals surface area (Å²) < 4.78 is 39.6. The maximum Gasteiger partial charge on any atom is 0.586 e. The third-order valence-corrected chi connectivity index (χ3v) is 3.40. The van der Waals surface area contributed by atoms with Crippen molar-refractivity contribution in [3.8, 4) is 11.5 Å². The molecule has 2 heterocycles. The van der Waals surface area contributed by atoms with Crippen LogP contribution in [0.2, 0.25) is 0 Å². The van der Waals surface area contributed by atoms with Gasteiger partial charge in [0.2, 0.25) is 0 Å². The van der Waals surface area contributed by atoms with E-state index >= 15 is 0 Å². The first-order valence-electron chi connectivity index (χ1n) is 6.68. The smallest absolute Gasteiger partial charge is 0.395 e. The third kappa shape index (κ3) is 2.36. The molecule has 0 atom stereocenters. The number of benzene rings is 1. The number of hydrogen-bond donors (Lipinski definition) is 1. The van der Waals surface area contributed by atoms with E-state index in [1.807, 2.05) is 0 Å². The molecule has 2 aliphatic rings. The van der Waals surface area contributed by atoms with Crippen molar-refractivity contribution in [3.05, 3.63) is 35.7 Å².